The number of anilines is 1. The number of rotatable bonds is 3. The normalized spacial score (nSPS) is 10.7. The number of aromatic nitrogens is 1. The first-order valence-electron chi connectivity index (χ1n) is 6.25. The van der Waals surface area contributed by atoms with Crippen molar-refractivity contribution in [2.75, 3.05) is 5.73 Å². The Morgan fingerprint density at radius 2 is 1.90 bits per heavy atom. The lowest BCUT2D eigenvalue weighted by atomic mass is 10.2. The first-order valence-corrected chi connectivity index (χ1v) is 6.63. The van der Waals surface area contributed by atoms with Crippen LogP contribution in [0.5, 0.6) is 5.75 Å². The maximum Gasteiger partial charge on any atom is 0.130 e. The largest absolute Gasteiger partial charge is 0.487 e. The Balaban J connectivity index is 1.77. The molecule has 0 fully saturated rings. The van der Waals surface area contributed by atoms with Gasteiger partial charge in [0.2, 0.25) is 0 Å². The van der Waals surface area contributed by atoms with Gasteiger partial charge in [0.1, 0.15) is 12.4 Å². The zero-order valence-electron chi connectivity index (χ0n) is 10.7. The molecule has 0 bridgehead atoms. The molecule has 4 heteroatoms. The SMILES string of the molecule is Nc1ccc(OCc2ccc3ccccc3n2)cc1Cl. The van der Waals surface area contributed by atoms with Crippen LogP contribution in [0.15, 0.2) is 54.6 Å². The van der Waals surface area contributed by atoms with E-state index >= 15 is 0 Å². The fourth-order valence-electron chi connectivity index (χ4n) is 1.94. The molecule has 3 nitrogen and oxygen atoms in total. The standard InChI is InChI=1S/C16H13ClN2O/c17-14-9-13(7-8-15(14)18)20-10-12-6-5-11-3-1-2-4-16(11)19-12/h1-9H,10,18H2. The first kappa shape index (κ1) is 12.8. The van der Waals surface area contributed by atoms with Crippen LogP contribution in [-0.2, 0) is 6.61 Å². The van der Waals surface area contributed by atoms with Gasteiger partial charge in [0, 0.05) is 11.5 Å². The minimum absolute atomic E-state index is 0.394. The third-order valence-electron chi connectivity index (χ3n) is 3.01. The maximum absolute atomic E-state index is 5.95. The summed E-state index contributed by atoms with van der Waals surface area (Å²) in [7, 11) is 0. The lowest BCUT2D eigenvalue weighted by Gasteiger charge is -2.08. The molecule has 2 aromatic carbocycles. The molecule has 0 saturated carbocycles. The average Bonchev–Trinajstić information content (AvgIpc) is 2.48. The first-order chi connectivity index (χ1) is 9.72. The molecule has 0 aliphatic rings. The number of halogens is 1. The van der Waals surface area contributed by atoms with Crippen molar-refractivity contribution in [2.45, 2.75) is 6.61 Å². The molecular weight excluding hydrogens is 272 g/mol. The van der Waals surface area contributed by atoms with Crippen LogP contribution in [0.2, 0.25) is 5.02 Å². The van der Waals surface area contributed by atoms with E-state index in [-0.39, 0.29) is 0 Å². The number of nitrogen functional groups attached to an aromatic ring is 1. The van der Waals surface area contributed by atoms with Crippen molar-refractivity contribution in [2.24, 2.45) is 0 Å². The molecular formula is C16H13ClN2O. The molecule has 2 N–H and O–H groups in total. The molecule has 0 unspecified atom stereocenters. The van der Waals surface area contributed by atoms with Gasteiger partial charge in [0.05, 0.1) is 21.9 Å². The summed E-state index contributed by atoms with van der Waals surface area (Å²) in [5, 5.41) is 1.61. The van der Waals surface area contributed by atoms with Gasteiger partial charge in [-0.1, -0.05) is 35.9 Å². The molecule has 0 atom stereocenters. The number of pyridine rings is 1. The number of hydrogen-bond donors (Lipinski definition) is 1. The van der Waals surface area contributed by atoms with Crippen LogP contribution in [0.4, 0.5) is 5.69 Å². The zero-order chi connectivity index (χ0) is 13.9. The number of para-hydroxylation sites is 1. The van der Waals surface area contributed by atoms with Gasteiger partial charge in [-0.2, -0.15) is 0 Å². The number of nitrogens with two attached hydrogens (primary N) is 1. The van der Waals surface area contributed by atoms with E-state index in [1.54, 1.807) is 18.2 Å². The Bertz CT molecular complexity index is 758. The summed E-state index contributed by atoms with van der Waals surface area (Å²) in [6.07, 6.45) is 0. The molecule has 0 amide bonds. The van der Waals surface area contributed by atoms with Crippen molar-refractivity contribution in [1.29, 1.82) is 0 Å². The highest BCUT2D eigenvalue weighted by atomic mass is 35.5. The highest BCUT2D eigenvalue weighted by Gasteiger charge is 2.02. The van der Waals surface area contributed by atoms with Gasteiger partial charge in [-0.25, -0.2) is 4.98 Å². The second kappa shape index (κ2) is 5.39. The van der Waals surface area contributed by atoms with Gasteiger partial charge < -0.3 is 10.5 Å². The van der Waals surface area contributed by atoms with E-state index in [9.17, 15) is 0 Å². The highest BCUT2D eigenvalue weighted by Crippen LogP contribution is 2.24. The van der Waals surface area contributed by atoms with Crippen LogP contribution >= 0.6 is 11.6 Å². The second-order valence-electron chi connectivity index (χ2n) is 4.47. The summed E-state index contributed by atoms with van der Waals surface area (Å²) < 4.78 is 5.67. The lowest BCUT2D eigenvalue weighted by Crippen LogP contribution is -1.98. The number of benzene rings is 2. The topological polar surface area (TPSA) is 48.1 Å². The highest BCUT2D eigenvalue weighted by molar-refractivity contribution is 6.33. The predicted octanol–water partition coefficient (Wildman–Crippen LogP) is 4.05. The predicted molar refractivity (Wildman–Crippen MR) is 81.9 cm³/mol. The third-order valence-corrected chi connectivity index (χ3v) is 3.34. The quantitative estimate of drug-likeness (QED) is 0.738. The van der Waals surface area contributed by atoms with Crippen LogP contribution < -0.4 is 10.5 Å². The van der Waals surface area contributed by atoms with E-state index in [0.29, 0.717) is 23.1 Å². The van der Waals surface area contributed by atoms with Crippen molar-refractivity contribution in [3.8, 4) is 5.75 Å². The second-order valence-corrected chi connectivity index (χ2v) is 4.87. The minimum atomic E-state index is 0.394. The molecule has 3 aromatic rings. The summed E-state index contributed by atoms with van der Waals surface area (Å²) >= 11 is 5.95. The van der Waals surface area contributed by atoms with Gasteiger partial charge in [-0.15, -0.1) is 0 Å². The Morgan fingerprint density at radius 1 is 1.05 bits per heavy atom. The monoisotopic (exact) mass is 284 g/mol. The smallest absolute Gasteiger partial charge is 0.130 e. The molecule has 0 saturated heterocycles. The fourth-order valence-corrected chi connectivity index (χ4v) is 2.11. The Kier molecular flexibility index (Phi) is 3.44. The third kappa shape index (κ3) is 2.68. The molecule has 100 valence electrons. The van der Waals surface area contributed by atoms with E-state index in [0.717, 1.165) is 16.6 Å². The van der Waals surface area contributed by atoms with Crippen molar-refractivity contribution < 1.29 is 4.74 Å². The lowest BCUT2D eigenvalue weighted by molar-refractivity contribution is 0.302. The Labute approximate surface area is 122 Å². The number of hydrogen-bond acceptors (Lipinski definition) is 3. The number of ether oxygens (including phenoxy) is 1. The summed E-state index contributed by atoms with van der Waals surface area (Å²) in [5.74, 6) is 0.680. The summed E-state index contributed by atoms with van der Waals surface area (Å²) in [5.41, 5.74) is 8.04. The van der Waals surface area contributed by atoms with Crippen molar-refractivity contribution in [3.63, 3.8) is 0 Å². The summed E-state index contributed by atoms with van der Waals surface area (Å²) in [4.78, 5) is 4.55. The van der Waals surface area contributed by atoms with Crippen LogP contribution in [0.25, 0.3) is 10.9 Å². The fraction of sp³-hybridized carbons (Fsp3) is 0.0625. The van der Waals surface area contributed by atoms with E-state index in [1.165, 1.54) is 0 Å². The van der Waals surface area contributed by atoms with E-state index in [4.69, 9.17) is 22.1 Å². The van der Waals surface area contributed by atoms with Crippen LogP contribution in [0, 0.1) is 0 Å². The number of fused-ring (bicyclic) bond motifs is 1. The zero-order valence-corrected chi connectivity index (χ0v) is 11.5. The Morgan fingerprint density at radius 3 is 2.75 bits per heavy atom. The van der Waals surface area contributed by atoms with Crippen molar-refractivity contribution in [3.05, 3.63) is 65.3 Å². The van der Waals surface area contributed by atoms with Gasteiger partial charge in [0.15, 0.2) is 0 Å². The molecule has 1 heterocycles. The summed E-state index contributed by atoms with van der Waals surface area (Å²) in [6.45, 7) is 0.394. The van der Waals surface area contributed by atoms with E-state index < -0.39 is 0 Å². The molecule has 0 aliphatic carbocycles. The van der Waals surface area contributed by atoms with Crippen LogP contribution in [-0.4, -0.2) is 4.98 Å². The van der Waals surface area contributed by atoms with E-state index in [1.807, 2.05) is 36.4 Å². The van der Waals surface area contributed by atoms with Crippen molar-refractivity contribution >= 4 is 28.2 Å². The molecule has 20 heavy (non-hydrogen) atoms. The molecule has 1 aromatic heterocycles. The average molecular weight is 285 g/mol. The van der Waals surface area contributed by atoms with Gasteiger partial charge in [0.25, 0.3) is 0 Å². The Hall–Kier alpha value is -2.26. The summed E-state index contributed by atoms with van der Waals surface area (Å²) in [6, 6.07) is 17.2. The van der Waals surface area contributed by atoms with Crippen molar-refractivity contribution in [1.82, 2.24) is 4.98 Å². The maximum atomic E-state index is 5.95. The molecule has 0 radical (unpaired) electrons. The molecule has 0 aliphatic heterocycles. The van der Waals surface area contributed by atoms with Gasteiger partial charge in [-0.3, -0.25) is 0 Å². The minimum Gasteiger partial charge on any atom is -0.487 e. The number of nitrogens with zero attached hydrogens (tertiary/aromatic N) is 1. The van der Waals surface area contributed by atoms with Gasteiger partial charge >= 0.3 is 0 Å². The van der Waals surface area contributed by atoms with Gasteiger partial charge in [-0.05, 0) is 24.3 Å². The van der Waals surface area contributed by atoms with Crippen LogP contribution in [0.3, 0.4) is 0 Å². The van der Waals surface area contributed by atoms with Crippen LogP contribution in [0.1, 0.15) is 5.69 Å². The molecule has 0 spiro atoms. The molecule has 3 rings (SSSR count). The van der Waals surface area contributed by atoms with E-state index in [2.05, 4.69) is 4.98 Å².